The Kier molecular flexibility index (Phi) is 3.82. The fraction of sp³-hybridized carbons (Fsp3) is 0.417. The van der Waals surface area contributed by atoms with Crippen molar-refractivity contribution in [3.8, 4) is 11.5 Å². The van der Waals surface area contributed by atoms with Gasteiger partial charge in [-0.3, -0.25) is 4.79 Å². The zero-order valence-electron chi connectivity index (χ0n) is 9.64. The van der Waals surface area contributed by atoms with Crippen LogP contribution >= 0.6 is 0 Å². The van der Waals surface area contributed by atoms with Gasteiger partial charge in [0.25, 0.3) is 5.91 Å². The Hall–Kier alpha value is -1.75. The van der Waals surface area contributed by atoms with Gasteiger partial charge in [-0.2, -0.15) is 0 Å². The molecule has 1 atom stereocenters. The van der Waals surface area contributed by atoms with Gasteiger partial charge in [0.1, 0.15) is 6.61 Å². The van der Waals surface area contributed by atoms with Gasteiger partial charge in [0.05, 0.1) is 6.61 Å². The van der Waals surface area contributed by atoms with Crippen LogP contribution in [0.3, 0.4) is 0 Å². The number of carbonyl (C=O) groups excluding carboxylic acids is 1. The van der Waals surface area contributed by atoms with Gasteiger partial charge in [-0.25, -0.2) is 0 Å². The van der Waals surface area contributed by atoms with Gasteiger partial charge in [-0.05, 0) is 12.1 Å². The highest BCUT2D eigenvalue weighted by Crippen LogP contribution is 2.30. The van der Waals surface area contributed by atoms with Crippen molar-refractivity contribution in [3.63, 3.8) is 0 Å². The topological polar surface area (TPSA) is 56.8 Å². The number of carbonyl (C=O) groups is 1. The van der Waals surface area contributed by atoms with Crippen LogP contribution in [0.5, 0.6) is 11.5 Å². The van der Waals surface area contributed by atoms with E-state index in [9.17, 15) is 4.79 Å². The fourth-order valence-electron chi connectivity index (χ4n) is 1.54. The predicted molar refractivity (Wildman–Crippen MR) is 61.2 cm³/mol. The van der Waals surface area contributed by atoms with Crippen molar-refractivity contribution in [2.45, 2.75) is 6.10 Å². The van der Waals surface area contributed by atoms with Crippen LogP contribution in [0.25, 0.3) is 0 Å². The van der Waals surface area contributed by atoms with Crippen molar-refractivity contribution in [2.75, 3.05) is 26.9 Å². The van der Waals surface area contributed by atoms with Crippen LogP contribution < -0.4 is 14.8 Å². The highest BCUT2D eigenvalue weighted by atomic mass is 16.6. The normalized spacial score (nSPS) is 17.6. The summed E-state index contributed by atoms with van der Waals surface area (Å²) in [6.07, 6.45) is -0.596. The molecule has 0 bridgehead atoms. The molecule has 0 aliphatic carbocycles. The summed E-state index contributed by atoms with van der Waals surface area (Å²) >= 11 is 0. The van der Waals surface area contributed by atoms with Crippen molar-refractivity contribution < 1.29 is 19.0 Å². The van der Waals surface area contributed by atoms with E-state index in [1.165, 1.54) is 0 Å². The Morgan fingerprint density at radius 3 is 3.00 bits per heavy atom. The molecule has 0 saturated carbocycles. The average Bonchev–Trinajstić information content (AvgIpc) is 2.38. The molecule has 0 radical (unpaired) electrons. The average molecular weight is 237 g/mol. The van der Waals surface area contributed by atoms with E-state index in [-0.39, 0.29) is 12.5 Å². The minimum absolute atomic E-state index is 0.184. The van der Waals surface area contributed by atoms with Gasteiger partial charge < -0.3 is 19.5 Å². The molecule has 17 heavy (non-hydrogen) atoms. The zero-order chi connectivity index (χ0) is 12.1. The van der Waals surface area contributed by atoms with Gasteiger partial charge in [0, 0.05) is 13.7 Å². The van der Waals surface area contributed by atoms with E-state index in [0.717, 1.165) is 0 Å². The first-order chi connectivity index (χ1) is 8.31. The Balaban J connectivity index is 1.91. The van der Waals surface area contributed by atoms with E-state index < -0.39 is 6.10 Å². The molecular formula is C12H15NO4. The molecule has 5 nitrogen and oxygen atoms in total. The maximum Gasteiger partial charge on any atom is 0.264 e. The van der Waals surface area contributed by atoms with Crippen LogP contribution in [0.15, 0.2) is 24.3 Å². The molecule has 1 aliphatic rings. The highest BCUT2D eigenvalue weighted by molar-refractivity contribution is 5.81. The number of hydrogen-bond donors (Lipinski definition) is 1. The second-order valence-corrected chi connectivity index (χ2v) is 3.65. The summed E-state index contributed by atoms with van der Waals surface area (Å²) in [6, 6.07) is 7.30. The van der Waals surface area contributed by atoms with Crippen LogP contribution in [-0.4, -0.2) is 38.9 Å². The van der Waals surface area contributed by atoms with Gasteiger partial charge in [-0.1, -0.05) is 12.1 Å². The number of benzene rings is 1. The molecule has 1 amide bonds. The molecule has 0 spiro atoms. The molecule has 0 saturated heterocycles. The minimum Gasteiger partial charge on any atom is -0.485 e. The summed E-state index contributed by atoms with van der Waals surface area (Å²) in [5.74, 6) is 1.09. The number of para-hydroxylation sites is 2. The van der Waals surface area contributed by atoms with E-state index in [4.69, 9.17) is 14.2 Å². The minimum atomic E-state index is -0.596. The number of rotatable bonds is 4. The molecule has 92 valence electrons. The second kappa shape index (κ2) is 5.54. The van der Waals surface area contributed by atoms with Gasteiger partial charge in [-0.15, -0.1) is 0 Å². The van der Waals surface area contributed by atoms with Crippen LogP contribution in [0.4, 0.5) is 0 Å². The monoisotopic (exact) mass is 237 g/mol. The van der Waals surface area contributed by atoms with Crippen molar-refractivity contribution in [2.24, 2.45) is 0 Å². The first-order valence-electron chi connectivity index (χ1n) is 5.46. The Morgan fingerprint density at radius 2 is 2.24 bits per heavy atom. The standard InChI is InChI=1S/C12H15NO4/c1-15-7-6-13-12(14)11-8-16-9-4-2-3-5-10(9)17-11/h2-5,11H,6-8H2,1H3,(H,13,14)/t11-/m0/s1. The van der Waals surface area contributed by atoms with Crippen LogP contribution in [0.2, 0.25) is 0 Å². The Labute approximate surface area is 99.7 Å². The van der Waals surface area contributed by atoms with Gasteiger partial charge >= 0.3 is 0 Å². The molecule has 2 rings (SSSR count). The molecule has 0 aromatic heterocycles. The number of amides is 1. The summed E-state index contributed by atoms with van der Waals surface area (Å²) in [5, 5.41) is 2.72. The molecule has 1 aromatic carbocycles. The maximum atomic E-state index is 11.7. The van der Waals surface area contributed by atoms with Gasteiger partial charge in [0.15, 0.2) is 11.5 Å². The summed E-state index contributed by atoms with van der Waals surface area (Å²) in [4.78, 5) is 11.7. The summed E-state index contributed by atoms with van der Waals surface area (Å²) < 4.78 is 15.8. The Morgan fingerprint density at radius 1 is 1.47 bits per heavy atom. The predicted octanol–water partition coefficient (Wildman–Crippen LogP) is 0.589. The van der Waals surface area contributed by atoms with Crippen molar-refractivity contribution >= 4 is 5.91 Å². The van der Waals surface area contributed by atoms with E-state index in [1.807, 2.05) is 18.2 Å². The smallest absolute Gasteiger partial charge is 0.264 e. The van der Waals surface area contributed by atoms with Crippen molar-refractivity contribution in [1.82, 2.24) is 5.32 Å². The van der Waals surface area contributed by atoms with E-state index in [2.05, 4.69) is 5.32 Å². The third kappa shape index (κ3) is 2.88. The second-order valence-electron chi connectivity index (χ2n) is 3.65. The van der Waals surface area contributed by atoms with E-state index in [1.54, 1.807) is 13.2 Å². The lowest BCUT2D eigenvalue weighted by Gasteiger charge is -2.25. The summed E-state index contributed by atoms with van der Waals surface area (Å²) in [5.41, 5.74) is 0. The summed E-state index contributed by atoms with van der Waals surface area (Å²) in [7, 11) is 1.59. The first kappa shape index (κ1) is 11.7. The molecule has 1 aliphatic heterocycles. The molecule has 0 unspecified atom stereocenters. The summed E-state index contributed by atoms with van der Waals surface area (Å²) in [6.45, 7) is 1.18. The quantitative estimate of drug-likeness (QED) is 0.779. The molecular weight excluding hydrogens is 222 g/mol. The zero-order valence-corrected chi connectivity index (χ0v) is 9.64. The SMILES string of the molecule is COCCNC(=O)[C@@H]1COc2ccccc2O1. The van der Waals surface area contributed by atoms with Gasteiger partial charge in [0.2, 0.25) is 6.10 Å². The largest absolute Gasteiger partial charge is 0.485 e. The van der Waals surface area contributed by atoms with Crippen molar-refractivity contribution in [1.29, 1.82) is 0 Å². The lowest BCUT2D eigenvalue weighted by Crippen LogP contribution is -2.44. The first-order valence-corrected chi connectivity index (χ1v) is 5.46. The number of ether oxygens (including phenoxy) is 3. The number of hydrogen-bond acceptors (Lipinski definition) is 4. The number of fused-ring (bicyclic) bond motifs is 1. The molecule has 1 aromatic rings. The third-order valence-corrected chi connectivity index (χ3v) is 2.41. The maximum absolute atomic E-state index is 11.7. The van der Waals surface area contributed by atoms with Crippen LogP contribution in [-0.2, 0) is 9.53 Å². The molecule has 1 heterocycles. The van der Waals surface area contributed by atoms with Crippen LogP contribution in [0, 0.1) is 0 Å². The number of nitrogens with one attached hydrogen (secondary N) is 1. The van der Waals surface area contributed by atoms with Crippen molar-refractivity contribution in [3.05, 3.63) is 24.3 Å². The van der Waals surface area contributed by atoms with Crippen LogP contribution in [0.1, 0.15) is 0 Å². The Bertz CT molecular complexity index is 394. The molecule has 5 heteroatoms. The van der Waals surface area contributed by atoms with E-state index >= 15 is 0 Å². The fourth-order valence-corrected chi connectivity index (χ4v) is 1.54. The highest BCUT2D eigenvalue weighted by Gasteiger charge is 2.26. The molecule has 0 fully saturated rings. The lowest BCUT2D eigenvalue weighted by molar-refractivity contribution is -0.130. The van der Waals surface area contributed by atoms with E-state index in [0.29, 0.717) is 24.7 Å². The number of methoxy groups -OCH3 is 1. The third-order valence-electron chi connectivity index (χ3n) is 2.41. The lowest BCUT2D eigenvalue weighted by atomic mass is 10.2. The molecule has 1 N–H and O–H groups in total.